The van der Waals surface area contributed by atoms with Gasteiger partial charge in [-0.15, -0.1) is 0 Å². The Morgan fingerprint density at radius 2 is 0.217 bits per heavy atom. The highest BCUT2D eigenvalue weighted by Crippen LogP contribution is 2.80. The second-order valence-corrected chi connectivity index (χ2v) is 37.5. The molecule has 0 N–H and O–H groups in total. The van der Waals surface area contributed by atoms with E-state index in [1.807, 2.05) is 0 Å². The van der Waals surface area contributed by atoms with Gasteiger partial charge >= 0.3 is 0 Å². The van der Waals surface area contributed by atoms with Gasteiger partial charge in [0.1, 0.15) is 0 Å². The normalized spacial score (nSPS) is 14.8. The van der Waals surface area contributed by atoms with Gasteiger partial charge < -0.3 is 0 Å². The van der Waals surface area contributed by atoms with Gasteiger partial charge in [-0.2, -0.15) is 0 Å². The molecule has 0 aromatic heterocycles. The van der Waals surface area contributed by atoms with Crippen LogP contribution in [0.25, 0.3) is 0 Å². The van der Waals surface area contributed by atoms with Crippen LogP contribution < -0.4 is 0 Å². The van der Waals surface area contributed by atoms with Crippen molar-refractivity contribution in [1.82, 2.24) is 0 Å². The molecule has 106 heavy (non-hydrogen) atoms. The Morgan fingerprint density at radius 1 is 0.113 bits per heavy atom. The lowest BCUT2D eigenvalue weighted by Gasteiger charge is -2.74. The molecular weight excluding hydrogens is 1270 g/mol. The second-order valence-electron chi connectivity index (χ2n) is 37.5. The molecule has 0 saturated carbocycles. The third-order valence-corrected chi connectivity index (χ3v) is 28.5. The molecule has 0 radical (unpaired) electrons. The van der Waals surface area contributed by atoms with E-state index < -0.39 is 0 Å². The predicted molar refractivity (Wildman–Crippen MR) is 489 cm³/mol. The molecule has 0 heteroatoms. The minimum atomic E-state index is 0.318. The van der Waals surface area contributed by atoms with Crippen LogP contribution in [0, 0.1) is 21.7 Å². The minimum absolute atomic E-state index is 0.318. The first-order chi connectivity index (χ1) is 52.4. The average molecular weight is 1480 g/mol. The molecule has 0 bridgehead atoms. The van der Waals surface area contributed by atoms with Gasteiger partial charge in [0.25, 0.3) is 0 Å². The summed E-state index contributed by atoms with van der Waals surface area (Å²) in [6.07, 6.45) is 133. The van der Waals surface area contributed by atoms with Gasteiger partial charge in [-0.1, -0.05) is 581 Å². The number of unbranched alkanes of at least 4 members (excludes halogenated alkanes) is 70. The molecule has 634 valence electrons. The van der Waals surface area contributed by atoms with Gasteiger partial charge in [-0.3, -0.25) is 0 Å². The van der Waals surface area contributed by atoms with Crippen LogP contribution in [-0.2, 0) is 0 Å². The molecule has 0 unspecified atom stereocenters. The van der Waals surface area contributed by atoms with E-state index in [1.54, 1.807) is 51.4 Å². The molecule has 0 heterocycles. The van der Waals surface area contributed by atoms with Crippen LogP contribution in [-0.4, -0.2) is 0 Å². The molecule has 0 atom stereocenters. The quantitative estimate of drug-likeness (QED) is 0.0421. The molecule has 0 amide bonds. The summed E-state index contributed by atoms with van der Waals surface area (Å²) >= 11 is 0. The zero-order chi connectivity index (χ0) is 76.8. The fourth-order valence-corrected chi connectivity index (χ4v) is 22.2. The largest absolute Gasteiger partial charge is 0.0654 e. The van der Waals surface area contributed by atoms with Gasteiger partial charge in [-0.25, -0.2) is 0 Å². The Morgan fingerprint density at radius 3 is 0.349 bits per heavy atom. The van der Waals surface area contributed by atoms with E-state index in [9.17, 15) is 0 Å². The van der Waals surface area contributed by atoms with Crippen molar-refractivity contribution in [2.24, 2.45) is 21.7 Å². The zero-order valence-corrected chi connectivity index (χ0v) is 76.6. The number of hydrogen-bond acceptors (Lipinski definition) is 0. The van der Waals surface area contributed by atoms with Crippen molar-refractivity contribution in [2.75, 3.05) is 0 Å². The first-order valence-electron chi connectivity index (χ1n) is 52.1. The summed E-state index contributed by atoms with van der Waals surface area (Å²) in [5, 5.41) is 0. The maximum Gasteiger partial charge on any atom is -0.00232 e. The van der Waals surface area contributed by atoms with Crippen LogP contribution in [0.3, 0.4) is 0 Å². The fourth-order valence-electron chi connectivity index (χ4n) is 22.2. The molecule has 0 spiro atoms. The maximum atomic E-state index is 2.44. The minimum Gasteiger partial charge on any atom is -0.0654 e. The summed E-state index contributed by atoms with van der Waals surface area (Å²) in [6, 6.07) is 0. The summed E-state index contributed by atoms with van der Waals surface area (Å²) in [7, 11) is 0. The number of allylic oxidation sites excluding steroid dienone is 2. The highest BCUT2D eigenvalue weighted by Gasteiger charge is 2.71. The van der Waals surface area contributed by atoms with Crippen LogP contribution in [0.4, 0.5) is 0 Å². The third kappa shape index (κ3) is 48.2. The molecule has 0 aromatic rings. The van der Waals surface area contributed by atoms with E-state index >= 15 is 0 Å². The summed E-state index contributed by atoms with van der Waals surface area (Å²) in [4.78, 5) is 0. The maximum absolute atomic E-state index is 2.44. The Hall–Kier alpha value is -0.260. The van der Waals surface area contributed by atoms with Gasteiger partial charge in [0.05, 0.1) is 0 Å². The van der Waals surface area contributed by atoms with E-state index in [0.717, 1.165) is 0 Å². The predicted octanol–water partition coefficient (Wildman–Crippen LogP) is 40.6. The summed E-state index contributed by atoms with van der Waals surface area (Å²) in [5.74, 6) is 0. The van der Waals surface area contributed by atoms with Crippen LogP contribution in [0.15, 0.2) is 11.1 Å². The molecule has 0 aromatic carbocycles. The number of rotatable bonds is 90. The highest BCUT2D eigenvalue weighted by molar-refractivity contribution is 5.41. The van der Waals surface area contributed by atoms with E-state index in [0.29, 0.717) is 21.7 Å². The first kappa shape index (κ1) is 104. The molecule has 1 aliphatic rings. The lowest BCUT2D eigenvalue weighted by Crippen LogP contribution is -2.66. The first-order valence-corrected chi connectivity index (χ1v) is 52.1. The standard InChI is InChI=1S/C106H210/c1-11-21-31-41-51-61-71-81-91-101-102(92-82-72-62-52-42-32-22-12-2)104(95-85-75-65-55-45-35-25-15-5,96-86-76-66-56-46-36-26-16-6)106(99-89-79-69-59-49-39-29-19-9,100-90-80-70-60-50-40-30-20-10)105(97-87-77-67-57-47-37-27-17-7,98-88-78-68-58-48-38-28-18-8)103(101,93-83-73-63-53-43-33-23-13-3)94-84-74-64-54-44-34-24-14-4/h11-100H2,1-10H3. The van der Waals surface area contributed by atoms with Crippen molar-refractivity contribution in [3.05, 3.63) is 11.1 Å². The summed E-state index contributed by atoms with van der Waals surface area (Å²) in [5.41, 5.74) is 5.94. The van der Waals surface area contributed by atoms with Crippen molar-refractivity contribution in [1.29, 1.82) is 0 Å². The van der Waals surface area contributed by atoms with Crippen LogP contribution in [0.2, 0.25) is 0 Å². The van der Waals surface area contributed by atoms with E-state index in [2.05, 4.69) is 80.4 Å². The zero-order valence-electron chi connectivity index (χ0n) is 76.6. The smallest absolute Gasteiger partial charge is 0.00232 e. The molecule has 0 aliphatic heterocycles. The van der Waals surface area contributed by atoms with Crippen molar-refractivity contribution in [3.63, 3.8) is 0 Å². The second kappa shape index (κ2) is 78.6. The van der Waals surface area contributed by atoms with Gasteiger partial charge in [0, 0.05) is 0 Å². The van der Waals surface area contributed by atoms with Crippen molar-refractivity contribution < 1.29 is 0 Å². The van der Waals surface area contributed by atoms with Gasteiger partial charge in [-0.05, 0) is 98.7 Å². The molecule has 0 nitrogen and oxygen atoms in total. The van der Waals surface area contributed by atoms with Gasteiger partial charge in [0.15, 0.2) is 0 Å². The van der Waals surface area contributed by atoms with Crippen LogP contribution >= 0.6 is 0 Å². The lowest BCUT2D eigenvalue weighted by atomic mass is 9.30. The van der Waals surface area contributed by atoms with E-state index in [1.165, 1.54) is 527 Å². The van der Waals surface area contributed by atoms with Crippen molar-refractivity contribution in [2.45, 2.75) is 647 Å². The topological polar surface area (TPSA) is 0 Å². The van der Waals surface area contributed by atoms with Crippen molar-refractivity contribution >= 4 is 0 Å². The van der Waals surface area contributed by atoms with Crippen LogP contribution in [0.5, 0.6) is 0 Å². The Bertz CT molecular complexity index is 1520. The average Bonchev–Trinajstić information content (AvgIpc) is 0.663. The fraction of sp³-hybridized carbons (Fsp3) is 0.981. The number of hydrogen-bond donors (Lipinski definition) is 0. The lowest BCUT2D eigenvalue weighted by molar-refractivity contribution is -0.193. The van der Waals surface area contributed by atoms with Crippen molar-refractivity contribution in [3.8, 4) is 0 Å². The third-order valence-electron chi connectivity index (χ3n) is 28.5. The molecule has 0 saturated heterocycles. The Balaban J connectivity index is 5.36. The monoisotopic (exact) mass is 1480 g/mol. The Kier molecular flexibility index (Phi) is 76.9. The molecule has 1 aliphatic carbocycles. The highest BCUT2D eigenvalue weighted by atomic mass is 14.7. The Labute approximate surface area is 675 Å². The van der Waals surface area contributed by atoms with E-state index in [-0.39, 0.29) is 0 Å². The molecule has 1 rings (SSSR count). The van der Waals surface area contributed by atoms with Crippen LogP contribution in [0.1, 0.15) is 647 Å². The summed E-state index contributed by atoms with van der Waals surface area (Å²) < 4.78 is 0. The molecular formula is C106H210. The molecule has 0 fully saturated rings. The summed E-state index contributed by atoms with van der Waals surface area (Å²) in [6.45, 7) is 24.4. The van der Waals surface area contributed by atoms with E-state index in [4.69, 9.17) is 0 Å². The SMILES string of the molecule is CCCCCCCCCCC1=C(CCCCCCCCCC)C(CCCCCCCCCC)(CCCCCCCCCC)C(CCCCCCCCCC)(CCCCCCCCCC)C(CCCCCCCCCC)(CCCCCCCCCC)C1(CCCCCCCCCC)CCCCCCCCCC. The van der Waals surface area contributed by atoms with Gasteiger partial charge in [0.2, 0.25) is 0 Å².